The van der Waals surface area contributed by atoms with Crippen LogP contribution in [-0.4, -0.2) is 38.6 Å². The molecule has 138 valence electrons. The van der Waals surface area contributed by atoms with Gasteiger partial charge in [-0.1, -0.05) is 29.3 Å². The molecule has 6 nitrogen and oxygen atoms in total. The van der Waals surface area contributed by atoms with E-state index in [2.05, 4.69) is 16.0 Å². The lowest BCUT2D eigenvalue weighted by atomic mass is 10.2. The maximum atomic E-state index is 12.1. The Labute approximate surface area is 161 Å². The van der Waals surface area contributed by atoms with Crippen LogP contribution < -0.4 is 16.0 Å². The molecule has 0 spiro atoms. The molecule has 0 saturated heterocycles. The minimum absolute atomic E-state index is 0.0439. The van der Waals surface area contributed by atoms with Crippen LogP contribution in [-0.2, 0) is 9.53 Å². The van der Waals surface area contributed by atoms with Crippen LogP contribution in [0.2, 0.25) is 10.0 Å². The molecular formula is C18H19Cl2N3O3. The second-order valence-electron chi connectivity index (χ2n) is 5.36. The van der Waals surface area contributed by atoms with Gasteiger partial charge >= 0.3 is 0 Å². The first-order chi connectivity index (χ1) is 12.5. The maximum Gasteiger partial charge on any atom is 0.251 e. The van der Waals surface area contributed by atoms with Crippen molar-refractivity contribution in [2.24, 2.45) is 0 Å². The van der Waals surface area contributed by atoms with E-state index < -0.39 is 0 Å². The Hall–Kier alpha value is -2.28. The van der Waals surface area contributed by atoms with Crippen molar-refractivity contribution < 1.29 is 14.3 Å². The Morgan fingerprint density at radius 3 is 2.58 bits per heavy atom. The van der Waals surface area contributed by atoms with Crippen LogP contribution in [0.15, 0.2) is 42.5 Å². The largest absolute Gasteiger partial charge is 0.383 e. The van der Waals surface area contributed by atoms with E-state index in [0.29, 0.717) is 40.1 Å². The highest BCUT2D eigenvalue weighted by atomic mass is 35.5. The molecule has 0 heterocycles. The molecule has 0 unspecified atom stereocenters. The second-order valence-corrected chi connectivity index (χ2v) is 6.17. The summed E-state index contributed by atoms with van der Waals surface area (Å²) in [6.45, 7) is 0.893. The van der Waals surface area contributed by atoms with E-state index in [1.807, 2.05) is 0 Å². The Morgan fingerprint density at radius 1 is 1.04 bits per heavy atom. The lowest BCUT2D eigenvalue weighted by Crippen LogP contribution is -2.27. The van der Waals surface area contributed by atoms with Crippen LogP contribution in [0.25, 0.3) is 0 Å². The van der Waals surface area contributed by atoms with Crippen LogP contribution in [0.1, 0.15) is 10.4 Å². The molecule has 2 aromatic carbocycles. The van der Waals surface area contributed by atoms with Gasteiger partial charge in [0.2, 0.25) is 5.91 Å². The molecule has 0 aromatic heterocycles. The van der Waals surface area contributed by atoms with Crippen LogP contribution >= 0.6 is 23.2 Å². The van der Waals surface area contributed by atoms with Crippen LogP contribution in [0.4, 0.5) is 11.4 Å². The summed E-state index contributed by atoms with van der Waals surface area (Å²) in [6, 6.07) is 11.7. The van der Waals surface area contributed by atoms with Gasteiger partial charge in [0, 0.05) is 30.6 Å². The van der Waals surface area contributed by atoms with E-state index in [1.165, 1.54) is 0 Å². The van der Waals surface area contributed by atoms with Gasteiger partial charge in [0.05, 0.1) is 23.2 Å². The van der Waals surface area contributed by atoms with Gasteiger partial charge in [0.15, 0.2) is 0 Å². The summed E-state index contributed by atoms with van der Waals surface area (Å²) in [4.78, 5) is 24.1. The van der Waals surface area contributed by atoms with E-state index >= 15 is 0 Å². The fraction of sp³-hybridized carbons (Fsp3) is 0.222. The maximum absolute atomic E-state index is 12.1. The first kappa shape index (κ1) is 20.0. The molecule has 3 N–H and O–H groups in total. The Morgan fingerprint density at radius 2 is 1.85 bits per heavy atom. The monoisotopic (exact) mass is 395 g/mol. The third-order valence-corrected chi connectivity index (χ3v) is 4.11. The van der Waals surface area contributed by atoms with Crippen molar-refractivity contribution in [3.8, 4) is 0 Å². The molecule has 0 aliphatic rings. The van der Waals surface area contributed by atoms with Gasteiger partial charge in [-0.2, -0.15) is 0 Å². The molecule has 0 bridgehead atoms. The number of hydrogen-bond donors (Lipinski definition) is 3. The van der Waals surface area contributed by atoms with Gasteiger partial charge in [-0.25, -0.2) is 0 Å². The van der Waals surface area contributed by atoms with Crippen molar-refractivity contribution in [1.82, 2.24) is 5.32 Å². The highest BCUT2D eigenvalue weighted by Crippen LogP contribution is 2.24. The molecule has 26 heavy (non-hydrogen) atoms. The number of ether oxygens (including phenoxy) is 1. The molecular weight excluding hydrogens is 377 g/mol. The lowest BCUT2D eigenvalue weighted by molar-refractivity contribution is -0.114. The van der Waals surface area contributed by atoms with E-state index in [4.69, 9.17) is 27.9 Å². The van der Waals surface area contributed by atoms with Crippen molar-refractivity contribution >= 4 is 46.4 Å². The van der Waals surface area contributed by atoms with Crippen LogP contribution in [0, 0.1) is 0 Å². The second kappa shape index (κ2) is 10.0. The number of amides is 2. The number of carbonyl (C=O) groups is 2. The highest BCUT2D eigenvalue weighted by molar-refractivity contribution is 6.42. The van der Waals surface area contributed by atoms with E-state index in [-0.39, 0.29) is 18.4 Å². The number of carbonyl (C=O) groups excluding carboxylic acids is 2. The summed E-state index contributed by atoms with van der Waals surface area (Å²) in [5.74, 6) is -0.486. The predicted octanol–water partition coefficient (Wildman–Crippen LogP) is 3.42. The number of benzene rings is 2. The number of halogens is 2. The van der Waals surface area contributed by atoms with Gasteiger partial charge in [-0.05, 0) is 36.4 Å². The third-order valence-electron chi connectivity index (χ3n) is 3.37. The minimum Gasteiger partial charge on any atom is -0.383 e. The normalized spacial score (nSPS) is 10.3. The molecule has 0 fully saturated rings. The predicted molar refractivity (Wildman–Crippen MR) is 104 cm³/mol. The molecule has 2 aromatic rings. The van der Waals surface area contributed by atoms with Crippen LogP contribution in [0.3, 0.4) is 0 Å². The zero-order valence-corrected chi connectivity index (χ0v) is 15.7. The van der Waals surface area contributed by atoms with Gasteiger partial charge in [0.25, 0.3) is 5.91 Å². The van der Waals surface area contributed by atoms with Crippen molar-refractivity contribution in [2.45, 2.75) is 0 Å². The average Bonchev–Trinajstić information content (AvgIpc) is 2.63. The zero-order valence-electron chi connectivity index (χ0n) is 14.1. The molecule has 8 heteroatoms. The van der Waals surface area contributed by atoms with Gasteiger partial charge < -0.3 is 20.7 Å². The van der Waals surface area contributed by atoms with E-state index in [0.717, 1.165) is 0 Å². The fourth-order valence-corrected chi connectivity index (χ4v) is 2.40. The summed E-state index contributed by atoms with van der Waals surface area (Å²) in [7, 11) is 1.56. The van der Waals surface area contributed by atoms with Gasteiger partial charge in [-0.15, -0.1) is 0 Å². The number of methoxy groups -OCH3 is 1. The van der Waals surface area contributed by atoms with Crippen LogP contribution in [0.5, 0.6) is 0 Å². The quantitative estimate of drug-likeness (QED) is 0.598. The SMILES string of the molecule is COCCNC(=O)c1cccc(NC(=O)CNc2ccc(Cl)c(Cl)c2)c1. The standard InChI is InChI=1S/C18H19Cl2N3O3/c1-26-8-7-21-18(25)12-3-2-4-14(9-12)23-17(24)11-22-13-5-6-15(19)16(20)10-13/h2-6,9-10,22H,7-8,11H2,1H3,(H,21,25)(H,23,24). The smallest absolute Gasteiger partial charge is 0.251 e. The van der Waals surface area contributed by atoms with Crippen molar-refractivity contribution in [2.75, 3.05) is 37.4 Å². The number of nitrogens with one attached hydrogen (secondary N) is 3. The minimum atomic E-state index is -0.256. The first-order valence-corrected chi connectivity index (χ1v) is 8.61. The Bertz CT molecular complexity index is 784. The van der Waals surface area contributed by atoms with Gasteiger partial charge in [0.1, 0.15) is 0 Å². The van der Waals surface area contributed by atoms with E-state index in [9.17, 15) is 9.59 Å². The molecule has 2 amide bonds. The van der Waals surface area contributed by atoms with Gasteiger partial charge in [-0.3, -0.25) is 9.59 Å². The Kier molecular flexibility index (Phi) is 7.72. The molecule has 0 aliphatic heterocycles. The molecule has 0 radical (unpaired) electrons. The Balaban J connectivity index is 1.89. The lowest BCUT2D eigenvalue weighted by Gasteiger charge is -2.10. The zero-order chi connectivity index (χ0) is 18.9. The third kappa shape index (κ3) is 6.22. The molecule has 2 rings (SSSR count). The average molecular weight is 396 g/mol. The summed E-state index contributed by atoms with van der Waals surface area (Å²) in [5, 5.41) is 9.27. The van der Waals surface area contributed by atoms with E-state index in [1.54, 1.807) is 49.6 Å². The summed E-state index contributed by atoms with van der Waals surface area (Å²) in [5.41, 5.74) is 1.67. The molecule has 0 atom stereocenters. The first-order valence-electron chi connectivity index (χ1n) is 7.85. The van der Waals surface area contributed by atoms with Crippen molar-refractivity contribution in [3.05, 3.63) is 58.1 Å². The summed E-state index contributed by atoms with van der Waals surface area (Å²) in [6.07, 6.45) is 0. The highest BCUT2D eigenvalue weighted by Gasteiger charge is 2.08. The fourth-order valence-electron chi connectivity index (χ4n) is 2.10. The number of anilines is 2. The summed E-state index contributed by atoms with van der Waals surface area (Å²) < 4.78 is 4.89. The number of hydrogen-bond acceptors (Lipinski definition) is 4. The van der Waals surface area contributed by atoms with Crippen molar-refractivity contribution in [3.63, 3.8) is 0 Å². The molecule has 0 saturated carbocycles. The summed E-state index contributed by atoms with van der Waals surface area (Å²) >= 11 is 11.8. The van der Waals surface area contributed by atoms with Crippen molar-refractivity contribution in [1.29, 1.82) is 0 Å². The topological polar surface area (TPSA) is 79.5 Å². The number of rotatable bonds is 8. The molecule has 0 aliphatic carbocycles.